The highest BCUT2D eigenvalue weighted by Gasteiger charge is 2.38. The maximum absolute atomic E-state index is 12.1. The van der Waals surface area contributed by atoms with Gasteiger partial charge in [0.2, 0.25) is 0 Å². The predicted molar refractivity (Wildman–Crippen MR) is 80.7 cm³/mol. The molecule has 0 aromatic heterocycles. The van der Waals surface area contributed by atoms with Crippen molar-refractivity contribution < 1.29 is 13.5 Å². The molecule has 4 nitrogen and oxygen atoms in total. The molecule has 3 N–H and O–H groups in total. The summed E-state index contributed by atoms with van der Waals surface area (Å²) in [5.74, 6) is -0.225. The van der Waals surface area contributed by atoms with E-state index >= 15 is 0 Å². The van der Waals surface area contributed by atoms with Crippen molar-refractivity contribution >= 4 is 21.4 Å². The van der Waals surface area contributed by atoms with Gasteiger partial charge in [0.05, 0.1) is 17.1 Å². The van der Waals surface area contributed by atoms with Gasteiger partial charge in [-0.3, -0.25) is 0 Å². The first-order valence-electron chi connectivity index (χ1n) is 6.81. The van der Waals surface area contributed by atoms with E-state index in [4.69, 9.17) is 17.3 Å². The van der Waals surface area contributed by atoms with Crippen LogP contribution in [0.25, 0.3) is 0 Å². The molecule has 1 aromatic rings. The molecule has 1 aromatic carbocycles. The van der Waals surface area contributed by atoms with Crippen molar-refractivity contribution in [2.24, 2.45) is 5.73 Å². The third-order valence-electron chi connectivity index (χ3n) is 3.97. The van der Waals surface area contributed by atoms with Gasteiger partial charge in [0.15, 0.2) is 9.84 Å². The summed E-state index contributed by atoms with van der Waals surface area (Å²) in [6.07, 6.45) is 1.05. The van der Waals surface area contributed by atoms with Crippen LogP contribution < -0.4 is 5.73 Å². The van der Waals surface area contributed by atoms with Crippen LogP contribution in [0.4, 0.5) is 0 Å². The minimum atomic E-state index is -3.23. The Morgan fingerprint density at radius 2 is 1.95 bits per heavy atom. The van der Waals surface area contributed by atoms with Gasteiger partial charge in [-0.1, -0.05) is 30.2 Å². The summed E-state index contributed by atoms with van der Waals surface area (Å²) >= 11 is 5.84. The van der Waals surface area contributed by atoms with Crippen molar-refractivity contribution in [1.29, 1.82) is 0 Å². The molecule has 6 heteroatoms. The van der Waals surface area contributed by atoms with Crippen LogP contribution in [0.1, 0.15) is 30.7 Å². The second kappa shape index (κ2) is 6.43. The van der Waals surface area contributed by atoms with Crippen molar-refractivity contribution in [2.75, 3.05) is 12.3 Å². The molecule has 0 saturated carbocycles. The van der Waals surface area contributed by atoms with Crippen LogP contribution in [0, 0.1) is 0 Å². The van der Waals surface area contributed by atoms with Gasteiger partial charge < -0.3 is 10.8 Å². The van der Waals surface area contributed by atoms with E-state index in [9.17, 15) is 13.5 Å². The first-order valence-corrected chi connectivity index (χ1v) is 8.90. The number of sulfone groups is 1. The molecule has 1 heterocycles. The van der Waals surface area contributed by atoms with Gasteiger partial charge in [0.25, 0.3) is 0 Å². The highest BCUT2D eigenvalue weighted by Crippen LogP contribution is 2.30. The lowest BCUT2D eigenvalue weighted by Gasteiger charge is -2.31. The lowest BCUT2D eigenvalue weighted by Crippen LogP contribution is -2.43. The summed E-state index contributed by atoms with van der Waals surface area (Å²) in [6.45, 7) is 0.203. The average Bonchev–Trinajstić information content (AvgIpc) is 2.41. The third kappa shape index (κ3) is 3.34. The maximum Gasteiger partial charge on any atom is 0.155 e. The van der Waals surface area contributed by atoms with Crippen LogP contribution in [0.3, 0.4) is 0 Å². The summed E-state index contributed by atoms with van der Waals surface area (Å²) < 4.78 is 24.2. The van der Waals surface area contributed by atoms with Gasteiger partial charge in [0.1, 0.15) is 0 Å². The van der Waals surface area contributed by atoms with Gasteiger partial charge in [-0.25, -0.2) is 8.42 Å². The molecule has 0 bridgehead atoms. The molecule has 112 valence electrons. The van der Waals surface area contributed by atoms with Crippen molar-refractivity contribution in [2.45, 2.75) is 36.5 Å². The normalized spacial score (nSPS) is 25.1. The van der Waals surface area contributed by atoms with Gasteiger partial charge in [-0.15, -0.1) is 0 Å². The van der Waals surface area contributed by atoms with Crippen LogP contribution in [-0.4, -0.2) is 37.2 Å². The zero-order valence-corrected chi connectivity index (χ0v) is 12.8. The van der Waals surface area contributed by atoms with Crippen LogP contribution >= 0.6 is 11.6 Å². The summed E-state index contributed by atoms with van der Waals surface area (Å²) in [6, 6.07) is 7.03. The minimum absolute atomic E-state index is 0.159. The third-order valence-corrected chi connectivity index (χ3v) is 6.52. The van der Waals surface area contributed by atoms with E-state index in [0.717, 1.165) is 12.0 Å². The molecule has 20 heavy (non-hydrogen) atoms. The molecule has 0 radical (unpaired) electrons. The zero-order chi connectivity index (χ0) is 14.8. The van der Waals surface area contributed by atoms with Crippen molar-refractivity contribution in [1.82, 2.24) is 0 Å². The lowest BCUT2D eigenvalue weighted by molar-refractivity contribution is 0.133. The van der Waals surface area contributed by atoms with E-state index in [1.807, 2.05) is 0 Å². The summed E-state index contributed by atoms with van der Waals surface area (Å²) in [5, 5.41) is 10.4. The van der Waals surface area contributed by atoms with E-state index in [2.05, 4.69) is 0 Å². The summed E-state index contributed by atoms with van der Waals surface area (Å²) in [4.78, 5) is 0. The highest BCUT2D eigenvalue weighted by molar-refractivity contribution is 7.92. The Labute approximate surface area is 124 Å². The Bertz CT molecular complexity index is 544. The Morgan fingerprint density at radius 3 is 2.50 bits per heavy atom. The van der Waals surface area contributed by atoms with E-state index < -0.39 is 21.2 Å². The zero-order valence-electron chi connectivity index (χ0n) is 11.2. The van der Waals surface area contributed by atoms with Gasteiger partial charge in [-0.05, 0) is 30.5 Å². The molecule has 2 rings (SSSR count). The van der Waals surface area contributed by atoms with Gasteiger partial charge in [0, 0.05) is 17.5 Å². The molecule has 1 saturated heterocycles. The first-order chi connectivity index (χ1) is 9.45. The predicted octanol–water partition coefficient (Wildman–Crippen LogP) is 1.71. The molecule has 3 unspecified atom stereocenters. The number of aliphatic hydroxyl groups excluding tert-OH is 1. The fourth-order valence-corrected chi connectivity index (χ4v) is 4.98. The number of benzene rings is 1. The largest absolute Gasteiger partial charge is 0.391 e. The van der Waals surface area contributed by atoms with Crippen LogP contribution in [-0.2, 0) is 9.84 Å². The Kier molecular flexibility index (Phi) is 5.07. The van der Waals surface area contributed by atoms with Crippen molar-refractivity contribution in [3.05, 3.63) is 34.9 Å². The number of hydrogen-bond donors (Lipinski definition) is 2. The number of rotatable bonds is 4. The molecular weight excluding hydrogens is 298 g/mol. The summed E-state index contributed by atoms with van der Waals surface area (Å²) in [5.41, 5.74) is 6.58. The van der Waals surface area contributed by atoms with E-state index in [1.165, 1.54) is 0 Å². The molecule has 1 aliphatic rings. The molecule has 0 spiro atoms. The fraction of sp³-hybridized carbons (Fsp3) is 0.571. The monoisotopic (exact) mass is 317 g/mol. The van der Waals surface area contributed by atoms with Gasteiger partial charge in [-0.2, -0.15) is 0 Å². The molecule has 1 fully saturated rings. The summed E-state index contributed by atoms with van der Waals surface area (Å²) in [7, 11) is -3.23. The SMILES string of the molecule is NCC(c1ccc(Cl)cc1)C(O)C1CCCCS1(=O)=O. The quantitative estimate of drug-likeness (QED) is 0.886. The highest BCUT2D eigenvalue weighted by atomic mass is 35.5. The number of hydrogen-bond acceptors (Lipinski definition) is 4. The van der Waals surface area contributed by atoms with Crippen LogP contribution in [0.15, 0.2) is 24.3 Å². The standard InChI is InChI=1S/C14H20ClNO3S/c15-11-6-4-10(5-7-11)12(9-16)14(17)13-3-1-2-8-20(13,18)19/h4-7,12-14,17H,1-3,8-9,16H2. The smallest absolute Gasteiger partial charge is 0.155 e. The number of halogens is 1. The van der Waals surface area contributed by atoms with Crippen molar-refractivity contribution in [3.8, 4) is 0 Å². The maximum atomic E-state index is 12.1. The Hall–Kier alpha value is -0.620. The molecule has 0 amide bonds. The molecular formula is C14H20ClNO3S. The second-order valence-electron chi connectivity index (χ2n) is 5.29. The van der Waals surface area contributed by atoms with Crippen LogP contribution in [0.5, 0.6) is 0 Å². The molecule has 3 atom stereocenters. The van der Waals surface area contributed by atoms with Crippen LogP contribution in [0.2, 0.25) is 5.02 Å². The van der Waals surface area contributed by atoms with E-state index in [1.54, 1.807) is 24.3 Å². The minimum Gasteiger partial charge on any atom is -0.391 e. The lowest BCUT2D eigenvalue weighted by atomic mass is 9.90. The van der Waals surface area contributed by atoms with Gasteiger partial charge >= 0.3 is 0 Å². The first kappa shape index (κ1) is 15.8. The Balaban J connectivity index is 2.24. The number of nitrogens with two attached hydrogens (primary N) is 1. The average molecular weight is 318 g/mol. The Morgan fingerprint density at radius 1 is 1.30 bits per heavy atom. The molecule has 0 aliphatic carbocycles. The topological polar surface area (TPSA) is 80.4 Å². The van der Waals surface area contributed by atoms with E-state index in [-0.39, 0.29) is 18.2 Å². The van der Waals surface area contributed by atoms with Crippen molar-refractivity contribution in [3.63, 3.8) is 0 Å². The molecule has 1 aliphatic heterocycles. The van der Waals surface area contributed by atoms with E-state index in [0.29, 0.717) is 17.9 Å². The second-order valence-corrected chi connectivity index (χ2v) is 8.06. The number of aliphatic hydroxyl groups is 1. The fourth-order valence-electron chi connectivity index (χ4n) is 2.80.